The van der Waals surface area contributed by atoms with Crippen LogP contribution < -0.4 is 10.6 Å². The molecule has 0 aliphatic carbocycles. The van der Waals surface area contributed by atoms with Gasteiger partial charge in [0.15, 0.2) is 11.5 Å². The summed E-state index contributed by atoms with van der Waals surface area (Å²) in [7, 11) is 0. The molecule has 22 heavy (non-hydrogen) atoms. The Morgan fingerprint density at radius 2 is 2.00 bits per heavy atom. The van der Waals surface area contributed by atoms with Crippen molar-refractivity contribution in [1.29, 1.82) is 0 Å². The number of hydrogen-bond acceptors (Lipinski definition) is 4. The van der Waals surface area contributed by atoms with Gasteiger partial charge in [0.1, 0.15) is 0 Å². The molecule has 1 amide bonds. The van der Waals surface area contributed by atoms with Crippen LogP contribution >= 0.6 is 0 Å². The van der Waals surface area contributed by atoms with Gasteiger partial charge in [-0.25, -0.2) is 0 Å². The van der Waals surface area contributed by atoms with Crippen LogP contribution in [0.5, 0.6) is 0 Å². The Hall–Kier alpha value is -2.69. The van der Waals surface area contributed by atoms with Gasteiger partial charge < -0.3 is 10.6 Å². The molecule has 0 saturated heterocycles. The summed E-state index contributed by atoms with van der Waals surface area (Å²) in [6.07, 6.45) is 1.62. The summed E-state index contributed by atoms with van der Waals surface area (Å²) in [4.78, 5) is 11.7. The summed E-state index contributed by atoms with van der Waals surface area (Å²) in [5.74, 6) is 0.746. The number of carbonyl (C=O) groups is 1. The smallest absolute Gasteiger partial charge is 0.272 e. The molecule has 2 aromatic rings. The van der Waals surface area contributed by atoms with Crippen LogP contribution in [0.3, 0.4) is 0 Å². The van der Waals surface area contributed by atoms with Crippen LogP contribution in [0.2, 0.25) is 0 Å². The molecule has 2 N–H and O–H groups in total. The van der Waals surface area contributed by atoms with E-state index in [-0.39, 0.29) is 11.6 Å². The second kappa shape index (κ2) is 7.36. The third kappa shape index (κ3) is 3.91. The first kappa shape index (κ1) is 15.7. The SMILES string of the molecule is C=CCNC(=O)c1ccc(Nc2ccccc2C(C)C)nn1. The Labute approximate surface area is 130 Å². The average Bonchev–Trinajstić information content (AvgIpc) is 2.53. The first-order valence-electron chi connectivity index (χ1n) is 7.20. The van der Waals surface area contributed by atoms with Gasteiger partial charge in [0.25, 0.3) is 5.91 Å². The monoisotopic (exact) mass is 296 g/mol. The number of nitrogens with zero attached hydrogens (tertiary/aromatic N) is 2. The van der Waals surface area contributed by atoms with Crippen molar-refractivity contribution in [2.75, 3.05) is 11.9 Å². The zero-order valence-electron chi connectivity index (χ0n) is 12.8. The van der Waals surface area contributed by atoms with Crippen LogP contribution in [0.4, 0.5) is 11.5 Å². The number of amides is 1. The molecule has 114 valence electrons. The number of carbonyl (C=O) groups excluding carboxylic acids is 1. The predicted octanol–water partition coefficient (Wildman–Crippen LogP) is 3.26. The van der Waals surface area contributed by atoms with E-state index in [1.807, 2.05) is 18.2 Å². The zero-order chi connectivity index (χ0) is 15.9. The van der Waals surface area contributed by atoms with Gasteiger partial charge in [0, 0.05) is 12.2 Å². The third-order valence-corrected chi connectivity index (χ3v) is 3.15. The molecule has 0 atom stereocenters. The fraction of sp³-hybridized carbons (Fsp3) is 0.235. The van der Waals surface area contributed by atoms with Crippen molar-refractivity contribution < 1.29 is 4.79 Å². The maximum absolute atomic E-state index is 11.7. The van der Waals surface area contributed by atoms with Crippen LogP contribution in [-0.2, 0) is 0 Å². The van der Waals surface area contributed by atoms with Gasteiger partial charge in [-0.2, -0.15) is 0 Å². The molecule has 5 nitrogen and oxygen atoms in total. The van der Waals surface area contributed by atoms with Crippen molar-refractivity contribution in [2.45, 2.75) is 19.8 Å². The lowest BCUT2D eigenvalue weighted by molar-refractivity contribution is 0.0952. The van der Waals surface area contributed by atoms with Gasteiger partial charge in [-0.1, -0.05) is 38.1 Å². The summed E-state index contributed by atoms with van der Waals surface area (Å²) >= 11 is 0. The topological polar surface area (TPSA) is 66.9 Å². The highest BCUT2D eigenvalue weighted by Gasteiger charge is 2.09. The van der Waals surface area contributed by atoms with E-state index in [1.54, 1.807) is 18.2 Å². The maximum Gasteiger partial charge on any atom is 0.272 e. The summed E-state index contributed by atoms with van der Waals surface area (Å²) in [5.41, 5.74) is 2.48. The molecule has 0 saturated carbocycles. The van der Waals surface area contributed by atoms with Crippen molar-refractivity contribution >= 4 is 17.4 Å². The van der Waals surface area contributed by atoms with Crippen LogP contribution in [0.15, 0.2) is 49.1 Å². The molecule has 1 aromatic carbocycles. The number of hydrogen-bond donors (Lipinski definition) is 2. The molecule has 0 bridgehead atoms. The summed E-state index contributed by atoms with van der Waals surface area (Å²) in [6, 6.07) is 11.5. The standard InChI is InChI=1S/C17H20N4O/c1-4-11-18-17(22)15-9-10-16(21-20-15)19-14-8-6-5-7-13(14)12(2)3/h4-10,12H,1,11H2,2-3H3,(H,18,22)(H,19,21). The lowest BCUT2D eigenvalue weighted by Crippen LogP contribution is -2.24. The average molecular weight is 296 g/mol. The Balaban J connectivity index is 2.12. The molecule has 0 fully saturated rings. The van der Waals surface area contributed by atoms with Crippen LogP contribution in [0.1, 0.15) is 35.8 Å². The van der Waals surface area contributed by atoms with Crippen molar-refractivity contribution in [3.05, 3.63) is 60.3 Å². The van der Waals surface area contributed by atoms with Gasteiger partial charge in [-0.15, -0.1) is 16.8 Å². The second-order valence-corrected chi connectivity index (χ2v) is 5.17. The minimum Gasteiger partial charge on any atom is -0.347 e. The predicted molar refractivity (Wildman–Crippen MR) is 88.4 cm³/mol. The van der Waals surface area contributed by atoms with Gasteiger partial charge >= 0.3 is 0 Å². The molecule has 5 heteroatoms. The number of para-hydroxylation sites is 1. The van der Waals surface area contributed by atoms with Crippen molar-refractivity contribution in [3.63, 3.8) is 0 Å². The first-order chi connectivity index (χ1) is 10.6. The minimum absolute atomic E-state index is 0.262. The number of anilines is 2. The quantitative estimate of drug-likeness (QED) is 0.803. The molecule has 0 aliphatic rings. The van der Waals surface area contributed by atoms with Gasteiger partial charge in [0.05, 0.1) is 0 Å². The van der Waals surface area contributed by atoms with E-state index in [2.05, 4.69) is 47.3 Å². The highest BCUT2D eigenvalue weighted by molar-refractivity contribution is 5.92. The number of benzene rings is 1. The van der Waals surface area contributed by atoms with E-state index in [4.69, 9.17) is 0 Å². The molecule has 2 rings (SSSR count). The number of nitrogens with one attached hydrogen (secondary N) is 2. The Bertz CT molecular complexity index is 650. The molecule has 0 aliphatic heterocycles. The summed E-state index contributed by atoms with van der Waals surface area (Å²) in [6.45, 7) is 8.23. The van der Waals surface area contributed by atoms with Gasteiger partial charge in [0.2, 0.25) is 0 Å². The number of rotatable bonds is 6. The number of aromatic nitrogens is 2. The van der Waals surface area contributed by atoms with Gasteiger partial charge in [-0.05, 0) is 29.7 Å². The highest BCUT2D eigenvalue weighted by Crippen LogP contribution is 2.25. The van der Waals surface area contributed by atoms with Crippen molar-refractivity contribution in [3.8, 4) is 0 Å². The van der Waals surface area contributed by atoms with E-state index in [0.29, 0.717) is 18.3 Å². The minimum atomic E-state index is -0.262. The Morgan fingerprint density at radius 1 is 1.23 bits per heavy atom. The van der Waals surface area contributed by atoms with E-state index in [1.165, 1.54) is 5.56 Å². The molecular formula is C17H20N4O. The first-order valence-corrected chi connectivity index (χ1v) is 7.20. The fourth-order valence-corrected chi connectivity index (χ4v) is 2.03. The molecule has 0 radical (unpaired) electrons. The largest absolute Gasteiger partial charge is 0.347 e. The van der Waals surface area contributed by atoms with Crippen molar-refractivity contribution in [2.24, 2.45) is 0 Å². The van der Waals surface area contributed by atoms with E-state index in [9.17, 15) is 4.79 Å². The van der Waals surface area contributed by atoms with E-state index in [0.717, 1.165) is 5.69 Å². The van der Waals surface area contributed by atoms with E-state index >= 15 is 0 Å². The van der Waals surface area contributed by atoms with Crippen LogP contribution in [-0.4, -0.2) is 22.6 Å². The molecular weight excluding hydrogens is 276 g/mol. The molecule has 1 heterocycles. The van der Waals surface area contributed by atoms with Crippen LogP contribution in [0, 0.1) is 0 Å². The third-order valence-electron chi connectivity index (χ3n) is 3.15. The highest BCUT2D eigenvalue weighted by atomic mass is 16.1. The van der Waals surface area contributed by atoms with Gasteiger partial charge in [-0.3, -0.25) is 4.79 Å². The lowest BCUT2D eigenvalue weighted by Gasteiger charge is -2.13. The molecule has 0 unspecified atom stereocenters. The normalized spacial score (nSPS) is 10.3. The van der Waals surface area contributed by atoms with E-state index < -0.39 is 0 Å². The molecule has 1 aromatic heterocycles. The summed E-state index contributed by atoms with van der Waals surface area (Å²) in [5, 5.41) is 13.9. The maximum atomic E-state index is 11.7. The Kier molecular flexibility index (Phi) is 5.25. The fourth-order valence-electron chi connectivity index (χ4n) is 2.03. The van der Waals surface area contributed by atoms with Crippen molar-refractivity contribution in [1.82, 2.24) is 15.5 Å². The molecule has 0 spiro atoms. The lowest BCUT2D eigenvalue weighted by atomic mass is 10.0. The Morgan fingerprint density at radius 3 is 2.64 bits per heavy atom. The zero-order valence-corrected chi connectivity index (χ0v) is 12.8. The summed E-state index contributed by atoms with van der Waals surface area (Å²) < 4.78 is 0. The van der Waals surface area contributed by atoms with Crippen LogP contribution in [0.25, 0.3) is 0 Å². The second-order valence-electron chi connectivity index (χ2n) is 5.17.